The van der Waals surface area contributed by atoms with E-state index in [1.807, 2.05) is 0 Å². The van der Waals surface area contributed by atoms with E-state index < -0.39 is 46.3 Å². The van der Waals surface area contributed by atoms with Crippen LogP contribution in [0.5, 0.6) is 17.2 Å². The van der Waals surface area contributed by atoms with Crippen LogP contribution in [0.2, 0.25) is 0 Å². The van der Waals surface area contributed by atoms with Crippen molar-refractivity contribution in [3.8, 4) is 17.2 Å². The quantitative estimate of drug-likeness (QED) is 0.185. The topological polar surface area (TPSA) is 61.8 Å². The molecule has 0 spiro atoms. The number of ketones is 2. The van der Waals surface area contributed by atoms with Crippen LogP contribution >= 0.6 is 0 Å². The Balaban J connectivity index is 1.84. The smallest absolute Gasteiger partial charge is 0.203 e. The summed E-state index contributed by atoms with van der Waals surface area (Å²) >= 11 is 0. The largest absolute Gasteiger partial charge is 0.493 e. The Kier molecular flexibility index (Phi) is 7.85. The summed E-state index contributed by atoms with van der Waals surface area (Å²) in [6, 6.07) is 11.2. The number of para-hydroxylation sites is 1. The molecule has 0 saturated carbocycles. The van der Waals surface area contributed by atoms with Gasteiger partial charge in [-0.3, -0.25) is 9.59 Å². The van der Waals surface area contributed by atoms with E-state index in [-0.39, 0.29) is 35.4 Å². The highest BCUT2D eigenvalue weighted by molar-refractivity contribution is 6.10. The van der Waals surface area contributed by atoms with Crippen molar-refractivity contribution < 1.29 is 41.4 Å². The van der Waals surface area contributed by atoms with Gasteiger partial charge in [0.1, 0.15) is 12.4 Å². The first kappa shape index (κ1) is 26.9. The van der Waals surface area contributed by atoms with E-state index in [9.17, 15) is 22.8 Å². The fraction of sp³-hybridized carbons (Fsp3) is 0.241. The van der Waals surface area contributed by atoms with Crippen LogP contribution in [0.4, 0.5) is 17.6 Å². The Labute approximate surface area is 216 Å². The molecule has 0 bridgehead atoms. The van der Waals surface area contributed by atoms with Crippen molar-refractivity contribution in [2.24, 2.45) is 0 Å². The van der Waals surface area contributed by atoms with Crippen molar-refractivity contribution in [1.29, 1.82) is 0 Å². The van der Waals surface area contributed by atoms with E-state index in [0.717, 1.165) is 7.11 Å². The first-order valence-corrected chi connectivity index (χ1v) is 11.7. The molecular weight excluding hydrogens is 504 g/mol. The van der Waals surface area contributed by atoms with E-state index in [1.54, 1.807) is 36.4 Å². The first-order chi connectivity index (χ1) is 18.2. The lowest BCUT2D eigenvalue weighted by molar-refractivity contribution is -0.118. The third-order valence-corrected chi connectivity index (χ3v) is 6.39. The van der Waals surface area contributed by atoms with Gasteiger partial charge >= 0.3 is 0 Å². The predicted octanol–water partition coefficient (Wildman–Crippen LogP) is 6.31. The normalized spacial score (nSPS) is 16.7. The van der Waals surface area contributed by atoms with Crippen molar-refractivity contribution in [3.63, 3.8) is 0 Å². The Morgan fingerprint density at radius 3 is 2.24 bits per heavy atom. The predicted molar refractivity (Wildman–Crippen MR) is 131 cm³/mol. The Hall–Kier alpha value is -4.14. The maximum Gasteiger partial charge on any atom is 0.203 e. The average Bonchev–Trinajstić information content (AvgIpc) is 3.35. The number of carbonyl (C=O) groups is 2. The minimum Gasteiger partial charge on any atom is -0.493 e. The fourth-order valence-corrected chi connectivity index (χ4v) is 4.65. The number of carbonyl (C=O) groups excluding carboxylic acids is 2. The second kappa shape index (κ2) is 11.1. The molecule has 0 radical (unpaired) electrons. The summed E-state index contributed by atoms with van der Waals surface area (Å²) in [4.78, 5) is 25.2. The van der Waals surface area contributed by atoms with Crippen LogP contribution in [0.3, 0.4) is 0 Å². The summed E-state index contributed by atoms with van der Waals surface area (Å²) in [5.41, 5.74) is 0.617. The van der Waals surface area contributed by atoms with E-state index in [2.05, 4.69) is 4.74 Å². The minimum absolute atomic E-state index is 0.105. The van der Waals surface area contributed by atoms with E-state index in [4.69, 9.17) is 9.47 Å². The van der Waals surface area contributed by atoms with E-state index in [1.165, 1.54) is 26.2 Å². The molecular formula is C29H24F4O5. The molecule has 1 aliphatic rings. The molecule has 198 valence electrons. The summed E-state index contributed by atoms with van der Waals surface area (Å²) < 4.78 is 72.8. The molecule has 9 heteroatoms. The average molecular weight is 528 g/mol. The van der Waals surface area contributed by atoms with Gasteiger partial charge in [-0.25, -0.2) is 13.2 Å². The van der Waals surface area contributed by atoms with Crippen molar-refractivity contribution in [3.05, 3.63) is 100 Å². The number of ether oxygens (including phenoxy) is 3. The van der Waals surface area contributed by atoms with Crippen LogP contribution in [-0.2, 0) is 4.79 Å². The molecule has 0 saturated heterocycles. The lowest BCUT2D eigenvalue weighted by Gasteiger charge is -2.21. The van der Waals surface area contributed by atoms with Gasteiger partial charge in [0.2, 0.25) is 5.82 Å². The molecule has 0 aromatic heterocycles. The van der Waals surface area contributed by atoms with Crippen molar-refractivity contribution in [2.45, 2.75) is 25.2 Å². The van der Waals surface area contributed by atoms with Crippen molar-refractivity contribution >= 4 is 11.6 Å². The van der Waals surface area contributed by atoms with Crippen molar-refractivity contribution in [2.75, 3.05) is 20.8 Å². The highest BCUT2D eigenvalue weighted by Crippen LogP contribution is 2.49. The fourth-order valence-electron chi connectivity index (χ4n) is 4.65. The molecule has 0 aliphatic heterocycles. The number of halogens is 4. The van der Waals surface area contributed by atoms with Crippen LogP contribution in [0.1, 0.15) is 46.7 Å². The van der Waals surface area contributed by atoms with Gasteiger partial charge in [-0.1, -0.05) is 30.3 Å². The molecule has 0 heterocycles. The molecule has 2 unspecified atom stereocenters. The highest BCUT2D eigenvalue weighted by Gasteiger charge is 2.37. The highest BCUT2D eigenvalue weighted by atomic mass is 19.2. The first-order valence-electron chi connectivity index (χ1n) is 11.7. The zero-order chi connectivity index (χ0) is 27.6. The van der Waals surface area contributed by atoms with Crippen molar-refractivity contribution in [1.82, 2.24) is 0 Å². The molecule has 4 rings (SSSR count). The third-order valence-electron chi connectivity index (χ3n) is 6.39. The second-order valence-corrected chi connectivity index (χ2v) is 8.83. The zero-order valence-corrected chi connectivity index (χ0v) is 20.8. The third kappa shape index (κ3) is 5.14. The van der Waals surface area contributed by atoms with Crippen LogP contribution in [-0.4, -0.2) is 32.4 Å². The monoisotopic (exact) mass is 528 g/mol. The number of hydrogen-bond donors (Lipinski definition) is 0. The molecule has 3 aromatic carbocycles. The zero-order valence-electron chi connectivity index (χ0n) is 20.8. The molecule has 2 atom stereocenters. The Morgan fingerprint density at radius 2 is 1.61 bits per heavy atom. The molecule has 0 amide bonds. The summed E-state index contributed by atoms with van der Waals surface area (Å²) in [5, 5.41) is 0. The lowest BCUT2D eigenvalue weighted by Crippen LogP contribution is -2.14. The SMILES string of the molecule is COc1c(OCC(C)=O)cccc1C1CC(c2ccc(F)cc2)C=C1C(=O)c1cc(F)c(F)c(OC)c1F. The number of benzene rings is 3. The maximum absolute atomic E-state index is 15.1. The van der Waals surface area contributed by atoms with Gasteiger partial charge in [-0.15, -0.1) is 0 Å². The van der Waals surface area contributed by atoms with Gasteiger partial charge in [-0.05, 0) is 43.2 Å². The number of hydrogen-bond acceptors (Lipinski definition) is 5. The number of methoxy groups -OCH3 is 2. The van der Waals surface area contributed by atoms with Gasteiger partial charge in [-0.2, -0.15) is 4.39 Å². The van der Waals surface area contributed by atoms with Crippen LogP contribution in [0.25, 0.3) is 0 Å². The maximum atomic E-state index is 15.1. The number of allylic oxidation sites excluding steroid dienone is 2. The van der Waals surface area contributed by atoms with Crippen LogP contribution in [0, 0.1) is 23.3 Å². The van der Waals surface area contributed by atoms with E-state index in [0.29, 0.717) is 23.6 Å². The molecule has 1 aliphatic carbocycles. The number of Topliss-reactive ketones (excluding diaryl/α,β-unsaturated/α-hetero) is 2. The van der Waals surface area contributed by atoms with Gasteiger partial charge in [0.05, 0.1) is 19.8 Å². The second-order valence-electron chi connectivity index (χ2n) is 8.83. The summed E-state index contributed by atoms with van der Waals surface area (Å²) in [5.74, 6) is -7.38. The van der Waals surface area contributed by atoms with Gasteiger partial charge in [0, 0.05) is 23.0 Å². The van der Waals surface area contributed by atoms with Gasteiger partial charge < -0.3 is 14.2 Å². The standard InChI is InChI=1S/C29H24F4O5/c1-15(34)14-38-24-6-4-5-19(28(24)36-2)20-11-17(16-7-9-18(30)10-8-16)12-21(20)27(35)22-13-23(31)26(33)29(37-3)25(22)32/h4-10,12-13,17,20H,11,14H2,1-3H3. The molecule has 0 fully saturated rings. The molecule has 3 aromatic rings. The van der Waals surface area contributed by atoms with Gasteiger partial charge in [0.15, 0.2) is 40.4 Å². The van der Waals surface area contributed by atoms with E-state index >= 15 is 4.39 Å². The minimum atomic E-state index is -1.54. The van der Waals surface area contributed by atoms with Crippen LogP contribution in [0.15, 0.2) is 60.2 Å². The molecule has 5 nitrogen and oxygen atoms in total. The van der Waals surface area contributed by atoms with Gasteiger partial charge in [0.25, 0.3) is 0 Å². The molecule has 0 N–H and O–H groups in total. The Morgan fingerprint density at radius 1 is 0.921 bits per heavy atom. The number of rotatable bonds is 9. The summed E-state index contributed by atoms with van der Waals surface area (Å²) in [7, 11) is 2.37. The summed E-state index contributed by atoms with van der Waals surface area (Å²) in [6.45, 7) is 1.16. The van der Waals surface area contributed by atoms with Crippen LogP contribution < -0.4 is 14.2 Å². The Bertz CT molecular complexity index is 1420. The lowest BCUT2D eigenvalue weighted by atomic mass is 9.86. The molecule has 38 heavy (non-hydrogen) atoms. The summed E-state index contributed by atoms with van der Waals surface area (Å²) in [6.07, 6.45) is 1.91.